The molecule has 3 N–H and O–H groups in total. The van der Waals surface area contributed by atoms with E-state index in [9.17, 15) is 32.9 Å². The molecule has 1 atom stereocenters. The number of hydrogen-bond acceptors (Lipinski definition) is 5. The highest BCUT2D eigenvalue weighted by Crippen LogP contribution is 2.36. The molecule has 0 aliphatic heterocycles. The van der Waals surface area contributed by atoms with Crippen LogP contribution in [0, 0.1) is 10.1 Å². The van der Waals surface area contributed by atoms with Crippen molar-refractivity contribution in [2.24, 2.45) is 0 Å². The highest BCUT2D eigenvalue weighted by atomic mass is 35.5. The summed E-state index contributed by atoms with van der Waals surface area (Å²) < 4.78 is 43.9. The van der Waals surface area contributed by atoms with Crippen LogP contribution in [-0.4, -0.2) is 44.0 Å². The second kappa shape index (κ2) is 10.3. The molecule has 2 amide bonds. The third-order valence-electron chi connectivity index (χ3n) is 4.15. The second-order valence-corrected chi connectivity index (χ2v) is 7.15. The summed E-state index contributed by atoms with van der Waals surface area (Å²) >= 11 is 5.55. The number of halogens is 4. The fraction of sp³-hybridized carbons (Fsp3) is 0.263. The monoisotopic (exact) mass is 475 g/mol. The zero-order valence-corrected chi connectivity index (χ0v) is 17.6. The molecule has 0 fully saturated rings. The highest BCUT2D eigenvalue weighted by molar-refractivity contribution is 6.31. The smallest absolute Gasteiger partial charge is 0.417 e. The van der Waals surface area contributed by atoms with Crippen molar-refractivity contribution >= 4 is 40.5 Å². The Kier molecular flexibility index (Phi) is 8.00. The van der Waals surface area contributed by atoms with Crippen molar-refractivity contribution in [3.8, 4) is 5.75 Å². The van der Waals surface area contributed by atoms with Crippen LogP contribution in [0.1, 0.15) is 5.56 Å². The van der Waals surface area contributed by atoms with Crippen molar-refractivity contribution < 1.29 is 37.3 Å². The van der Waals surface area contributed by atoms with Crippen LogP contribution >= 0.6 is 11.6 Å². The Bertz CT molecular complexity index is 1030. The summed E-state index contributed by atoms with van der Waals surface area (Å²) in [4.78, 5) is 35.1. The van der Waals surface area contributed by atoms with Crippen molar-refractivity contribution in [2.45, 2.75) is 6.18 Å². The lowest BCUT2D eigenvalue weighted by molar-refractivity contribution is -0.862. The largest absolute Gasteiger partial charge is 0.495 e. The van der Waals surface area contributed by atoms with Crippen LogP contribution < -0.4 is 20.3 Å². The number of ether oxygens (including phenoxy) is 1. The summed E-state index contributed by atoms with van der Waals surface area (Å²) in [5, 5.41) is 15.2. The van der Waals surface area contributed by atoms with Crippen molar-refractivity contribution in [3.63, 3.8) is 0 Å². The minimum absolute atomic E-state index is 0.0878. The van der Waals surface area contributed by atoms with E-state index in [-0.39, 0.29) is 35.9 Å². The summed E-state index contributed by atoms with van der Waals surface area (Å²) in [6.45, 7) is -0.433. The first kappa shape index (κ1) is 24.9. The average molecular weight is 476 g/mol. The molecule has 1 unspecified atom stereocenters. The van der Waals surface area contributed by atoms with Gasteiger partial charge in [0.2, 0.25) is 0 Å². The lowest BCUT2D eigenvalue weighted by Crippen LogP contribution is -3.11. The zero-order chi connectivity index (χ0) is 24.1. The fourth-order valence-corrected chi connectivity index (χ4v) is 2.96. The van der Waals surface area contributed by atoms with Gasteiger partial charge in [0.15, 0.2) is 13.1 Å². The number of nitrogens with one attached hydrogen (secondary N) is 3. The van der Waals surface area contributed by atoms with Crippen molar-refractivity contribution in [1.82, 2.24) is 0 Å². The first-order valence-corrected chi connectivity index (χ1v) is 9.38. The molecule has 0 saturated carbocycles. The van der Waals surface area contributed by atoms with Crippen LogP contribution in [0.2, 0.25) is 5.02 Å². The maximum Gasteiger partial charge on any atom is 0.417 e. The van der Waals surface area contributed by atoms with E-state index < -0.39 is 33.5 Å². The van der Waals surface area contributed by atoms with Gasteiger partial charge in [0.25, 0.3) is 17.5 Å². The average Bonchev–Trinajstić information content (AvgIpc) is 2.68. The molecule has 0 aromatic heterocycles. The highest BCUT2D eigenvalue weighted by Gasteiger charge is 2.33. The summed E-state index contributed by atoms with van der Waals surface area (Å²) in [6, 6.07) is 6.66. The van der Waals surface area contributed by atoms with Gasteiger partial charge in [0, 0.05) is 17.8 Å². The van der Waals surface area contributed by atoms with E-state index in [0.717, 1.165) is 18.2 Å². The zero-order valence-electron chi connectivity index (χ0n) is 16.9. The SMILES string of the molecule is COc1ccc([N+](=O)[O-])cc1NC(=O)C[NH+](C)CC(=O)Nc1ccc(Cl)c(C(F)(F)F)c1. The quantitative estimate of drug-likeness (QED) is 0.400. The third-order valence-corrected chi connectivity index (χ3v) is 4.48. The lowest BCUT2D eigenvalue weighted by atomic mass is 10.2. The molecule has 2 aromatic rings. The van der Waals surface area contributed by atoms with Crippen LogP contribution in [0.15, 0.2) is 36.4 Å². The van der Waals surface area contributed by atoms with Crippen LogP contribution in [0.5, 0.6) is 5.75 Å². The Morgan fingerprint density at radius 3 is 2.31 bits per heavy atom. The lowest BCUT2D eigenvalue weighted by Gasteiger charge is -2.15. The van der Waals surface area contributed by atoms with Gasteiger partial charge in [-0.15, -0.1) is 0 Å². The van der Waals surface area contributed by atoms with E-state index in [4.69, 9.17) is 16.3 Å². The molecule has 2 aromatic carbocycles. The standard InChI is InChI=1S/C19H18ClF3N4O5/c1-26(9-17(28)24-11-3-5-14(20)13(7-11)19(21,22)23)10-18(29)25-15-8-12(27(30)31)4-6-16(15)32-2/h3-8H,9-10H2,1-2H3,(H,24,28)(H,25,29)/p+1. The molecular formula is C19H19ClF3N4O5+. The topological polar surface area (TPSA) is 115 Å². The number of benzene rings is 2. The molecule has 0 spiro atoms. The van der Waals surface area contributed by atoms with E-state index in [1.54, 1.807) is 0 Å². The van der Waals surface area contributed by atoms with E-state index in [2.05, 4.69) is 10.6 Å². The van der Waals surface area contributed by atoms with Crippen molar-refractivity contribution in [2.75, 3.05) is 37.9 Å². The molecule has 0 heterocycles. The molecular weight excluding hydrogens is 457 g/mol. The second-order valence-electron chi connectivity index (χ2n) is 6.74. The summed E-state index contributed by atoms with van der Waals surface area (Å²) in [7, 11) is 2.85. The van der Waals surface area contributed by atoms with E-state index in [1.807, 2.05) is 0 Å². The first-order chi connectivity index (χ1) is 14.9. The third kappa shape index (κ3) is 6.82. The summed E-state index contributed by atoms with van der Waals surface area (Å²) in [5.41, 5.74) is -1.33. The first-order valence-electron chi connectivity index (χ1n) is 9.01. The number of anilines is 2. The number of carbonyl (C=O) groups is 2. The number of alkyl halides is 3. The van der Waals surface area contributed by atoms with Gasteiger partial charge in [0.05, 0.1) is 35.4 Å². The van der Waals surface area contributed by atoms with Gasteiger partial charge in [0.1, 0.15) is 5.75 Å². The number of carbonyl (C=O) groups excluding carboxylic acids is 2. The number of amides is 2. The van der Waals surface area contributed by atoms with Crippen LogP contribution in [0.3, 0.4) is 0 Å². The van der Waals surface area contributed by atoms with Crippen molar-refractivity contribution in [3.05, 3.63) is 57.1 Å². The Morgan fingerprint density at radius 1 is 1.12 bits per heavy atom. The maximum absolute atomic E-state index is 12.9. The number of likely N-dealkylation sites (N-methyl/N-ethyl adjacent to an activating group) is 1. The van der Waals surface area contributed by atoms with Gasteiger partial charge in [-0.2, -0.15) is 13.2 Å². The number of rotatable bonds is 8. The number of non-ortho nitro benzene ring substituents is 1. The number of nitrogens with zero attached hydrogens (tertiary/aromatic N) is 1. The normalized spacial score (nSPS) is 12.1. The molecule has 0 aliphatic rings. The van der Waals surface area contributed by atoms with Crippen LogP contribution in [-0.2, 0) is 15.8 Å². The molecule has 0 saturated heterocycles. The van der Waals surface area contributed by atoms with Crippen molar-refractivity contribution in [1.29, 1.82) is 0 Å². The molecule has 9 nitrogen and oxygen atoms in total. The van der Waals surface area contributed by atoms with Gasteiger partial charge in [-0.05, 0) is 24.3 Å². The van der Waals surface area contributed by atoms with Gasteiger partial charge in [-0.3, -0.25) is 19.7 Å². The Morgan fingerprint density at radius 2 is 1.75 bits per heavy atom. The number of nitro groups is 1. The van der Waals surface area contributed by atoms with Crippen LogP contribution in [0.25, 0.3) is 0 Å². The molecule has 0 radical (unpaired) electrons. The maximum atomic E-state index is 12.9. The predicted molar refractivity (Wildman–Crippen MR) is 110 cm³/mol. The van der Waals surface area contributed by atoms with E-state index >= 15 is 0 Å². The van der Waals surface area contributed by atoms with Crippen LogP contribution in [0.4, 0.5) is 30.2 Å². The van der Waals surface area contributed by atoms with E-state index in [0.29, 0.717) is 4.90 Å². The number of quaternary nitrogens is 1. The number of nitro benzene ring substituents is 1. The predicted octanol–water partition coefficient (Wildman–Crippen LogP) is 2.37. The van der Waals surface area contributed by atoms with E-state index in [1.165, 1.54) is 32.4 Å². The Labute approximate surface area is 185 Å². The summed E-state index contributed by atoms with van der Waals surface area (Å²) in [6.07, 6.45) is -4.68. The van der Waals surface area contributed by atoms with Gasteiger partial charge in [-0.25, -0.2) is 0 Å². The molecule has 2 rings (SSSR count). The fourth-order valence-electron chi connectivity index (χ4n) is 2.74. The molecule has 0 bridgehead atoms. The Hall–Kier alpha value is -3.38. The minimum atomic E-state index is -4.68. The minimum Gasteiger partial charge on any atom is -0.495 e. The molecule has 172 valence electrons. The van der Waals surface area contributed by atoms with Gasteiger partial charge < -0.3 is 20.3 Å². The molecule has 0 aliphatic carbocycles. The van der Waals surface area contributed by atoms with Gasteiger partial charge >= 0.3 is 6.18 Å². The number of hydrogen-bond donors (Lipinski definition) is 3. The Balaban J connectivity index is 1.97. The van der Waals surface area contributed by atoms with Gasteiger partial charge in [-0.1, -0.05) is 11.6 Å². The molecule has 32 heavy (non-hydrogen) atoms. The molecule has 13 heteroatoms. The number of methoxy groups -OCH3 is 1. The summed E-state index contributed by atoms with van der Waals surface area (Å²) in [5.74, 6) is -0.971.